The molecule has 136 valence electrons. The molecule has 2 unspecified atom stereocenters. The number of rotatable bonds is 4. The highest BCUT2D eigenvalue weighted by Crippen LogP contribution is 2.31. The van der Waals surface area contributed by atoms with Gasteiger partial charge in [0.15, 0.2) is 0 Å². The highest BCUT2D eigenvalue weighted by atomic mass is 15.3. The summed E-state index contributed by atoms with van der Waals surface area (Å²) in [6.45, 7) is 11.5. The lowest BCUT2D eigenvalue weighted by molar-refractivity contribution is 0.416. The number of hydrogen-bond acceptors (Lipinski definition) is 6. The van der Waals surface area contributed by atoms with Crippen LogP contribution in [0.4, 0.5) is 17.8 Å². The quantitative estimate of drug-likeness (QED) is 0.871. The molecule has 25 heavy (non-hydrogen) atoms. The number of hydrogen-bond donors (Lipinski definition) is 2. The molecule has 1 aliphatic heterocycles. The maximum Gasteiger partial charge on any atom is 0.232 e. The zero-order valence-corrected chi connectivity index (χ0v) is 16.0. The number of nitrogens with zero attached hydrogens (tertiary/aromatic N) is 4. The van der Waals surface area contributed by atoms with Gasteiger partial charge in [-0.05, 0) is 47.5 Å². The van der Waals surface area contributed by atoms with Crippen LogP contribution in [0.15, 0.2) is 24.3 Å². The Bertz CT molecular complexity index is 658. The van der Waals surface area contributed by atoms with Gasteiger partial charge in [-0.25, -0.2) is 0 Å². The summed E-state index contributed by atoms with van der Waals surface area (Å²) in [5, 5.41) is 6.71. The van der Waals surface area contributed by atoms with Gasteiger partial charge in [-0.15, -0.1) is 0 Å². The fraction of sp³-hybridized carbons (Fsp3) is 0.632. The molecule has 0 bridgehead atoms. The fourth-order valence-electron chi connectivity index (χ4n) is 3.33. The lowest BCUT2D eigenvalue weighted by atomic mass is 9.86. The molecule has 1 aromatic heterocycles. The number of aromatic nitrogens is 3. The van der Waals surface area contributed by atoms with Gasteiger partial charge in [0.25, 0.3) is 0 Å². The van der Waals surface area contributed by atoms with Crippen LogP contribution in [0.1, 0.15) is 47.5 Å². The smallest absolute Gasteiger partial charge is 0.232 e. The molecule has 0 saturated carbocycles. The molecule has 1 aromatic rings. The maximum atomic E-state index is 4.74. The monoisotopic (exact) mass is 342 g/mol. The third kappa shape index (κ3) is 4.50. The standard InChI is InChI=1S/C19H30N6/c1-13(2)20-16-21-17(24-19(3,4)5)23-18(22-16)25-12-8-10-14-9-6-7-11-15(14)25/h6-7,9,11,13-15H,8,10,12H2,1-5H3,(H2,20,21,22,23,24). The zero-order valence-electron chi connectivity index (χ0n) is 16.0. The molecule has 0 spiro atoms. The SMILES string of the molecule is CC(C)Nc1nc(NC(C)(C)C)nc(N2CCCC3C=CC=CC32)n1. The predicted molar refractivity (Wildman–Crippen MR) is 104 cm³/mol. The van der Waals surface area contributed by atoms with Crippen molar-refractivity contribution < 1.29 is 0 Å². The Labute approximate surface area is 150 Å². The number of piperidine rings is 1. The molecular formula is C19H30N6. The Balaban J connectivity index is 1.94. The van der Waals surface area contributed by atoms with Gasteiger partial charge < -0.3 is 15.5 Å². The Morgan fingerprint density at radius 1 is 1.08 bits per heavy atom. The van der Waals surface area contributed by atoms with Gasteiger partial charge in [0.2, 0.25) is 17.8 Å². The molecule has 0 amide bonds. The molecule has 6 heteroatoms. The summed E-state index contributed by atoms with van der Waals surface area (Å²) >= 11 is 0. The maximum absolute atomic E-state index is 4.74. The van der Waals surface area contributed by atoms with Crippen molar-refractivity contribution in [3.63, 3.8) is 0 Å². The van der Waals surface area contributed by atoms with Crippen molar-refractivity contribution in [1.29, 1.82) is 0 Å². The van der Waals surface area contributed by atoms with E-state index in [1.54, 1.807) is 0 Å². The Morgan fingerprint density at radius 3 is 2.52 bits per heavy atom. The van der Waals surface area contributed by atoms with Crippen molar-refractivity contribution in [3.05, 3.63) is 24.3 Å². The van der Waals surface area contributed by atoms with E-state index in [-0.39, 0.29) is 11.6 Å². The van der Waals surface area contributed by atoms with Gasteiger partial charge >= 0.3 is 0 Å². The number of anilines is 3. The van der Waals surface area contributed by atoms with Crippen molar-refractivity contribution >= 4 is 17.8 Å². The number of nitrogens with one attached hydrogen (secondary N) is 2. The normalized spacial score (nSPS) is 22.9. The van der Waals surface area contributed by atoms with Crippen molar-refractivity contribution in [3.8, 4) is 0 Å². The first-order valence-electron chi connectivity index (χ1n) is 9.24. The minimum Gasteiger partial charge on any atom is -0.352 e. The van der Waals surface area contributed by atoms with Gasteiger partial charge in [-0.1, -0.05) is 24.3 Å². The molecule has 6 nitrogen and oxygen atoms in total. The van der Waals surface area contributed by atoms with Crippen molar-refractivity contribution in [2.75, 3.05) is 22.1 Å². The van der Waals surface area contributed by atoms with E-state index in [2.05, 4.69) is 79.4 Å². The number of allylic oxidation sites excluding steroid dienone is 2. The molecule has 0 aromatic carbocycles. The molecule has 2 heterocycles. The summed E-state index contributed by atoms with van der Waals surface area (Å²) in [7, 11) is 0. The largest absolute Gasteiger partial charge is 0.352 e. The third-order valence-corrected chi connectivity index (χ3v) is 4.30. The summed E-state index contributed by atoms with van der Waals surface area (Å²) < 4.78 is 0. The van der Waals surface area contributed by atoms with Crippen LogP contribution in [-0.2, 0) is 0 Å². The zero-order chi connectivity index (χ0) is 18.0. The van der Waals surface area contributed by atoms with Crippen LogP contribution in [0, 0.1) is 5.92 Å². The summed E-state index contributed by atoms with van der Waals surface area (Å²) in [5.74, 6) is 2.54. The number of fused-ring (bicyclic) bond motifs is 1. The van der Waals surface area contributed by atoms with E-state index in [4.69, 9.17) is 9.97 Å². The van der Waals surface area contributed by atoms with Gasteiger partial charge in [-0.2, -0.15) is 15.0 Å². The van der Waals surface area contributed by atoms with Crippen molar-refractivity contribution in [1.82, 2.24) is 15.0 Å². The van der Waals surface area contributed by atoms with Crippen molar-refractivity contribution in [2.24, 2.45) is 5.92 Å². The minimum absolute atomic E-state index is 0.106. The second-order valence-electron chi connectivity index (χ2n) is 8.22. The average Bonchev–Trinajstić information content (AvgIpc) is 2.51. The highest BCUT2D eigenvalue weighted by molar-refractivity contribution is 5.47. The molecule has 1 saturated heterocycles. The molecule has 3 rings (SSSR count). The van der Waals surface area contributed by atoms with E-state index in [0.717, 1.165) is 18.9 Å². The molecule has 2 aliphatic rings. The third-order valence-electron chi connectivity index (χ3n) is 4.30. The highest BCUT2D eigenvalue weighted by Gasteiger charge is 2.31. The Hall–Kier alpha value is -2.11. The van der Waals surface area contributed by atoms with Gasteiger partial charge in [-0.3, -0.25) is 0 Å². The van der Waals surface area contributed by atoms with E-state index in [0.29, 0.717) is 23.9 Å². The summed E-state index contributed by atoms with van der Waals surface area (Å²) in [5.41, 5.74) is -0.106. The van der Waals surface area contributed by atoms with Gasteiger partial charge in [0, 0.05) is 24.0 Å². The first-order valence-corrected chi connectivity index (χ1v) is 9.24. The summed E-state index contributed by atoms with van der Waals surface area (Å²) in [6.07, 6.45) is 11.2. The van der Waals surface area contributed by atoms with Crippen LogP contribution >= 0.6 is 0 Å². The Morgan fingerprint density at radius 2 is 1.80 bits per heavy atom. The van der Waals surface area contributed by atoms with Crippen LogP contribution in [0.25, 0.3) is 0 Å². The van der Waals surface area contributed by atoms with E-state index in [1.807, 2.05) is 0 Å². The average molecular weight is 342 g/mol. The second-order valence-corrected chi connectivity index (χ2v) is 8.22. The minimum atomic E-state index is -0.106. The molecular weight excluding hydrogens is 312 g/mol. The van der Waals surface area contributed by atoms with Crippen LogP contribution in [0.3, 0.4) is 0 Å². The lowest BCUT2D eigenvalue weighted by Crippen LogP contribution is -2.45. The van der Waals surface area contributed by atoms with Crippen LogP contribution < -0.4 is 15.5 Å². The first kappa shape index (κ1) is 17.7. The van der Waals surface area contributed by atoms with Crippen LogP contribution in [0.2, 0.25) is 0 Å². The van der Waals surface area contributed by atoms with E-state index >= 15 is 0 Å². The summed E-state index contributed by atoms with van der Waals surface area (Å²) in [4.78, 5) is 16.3. The summed E-state index contributed by atoms with van der Waals surface area (Å²) in [6, 6.07) is 0.597. The lowest BCUT2D eigenvalue weighted by Gasteiger charge is -2.40. The van der Waals surface area contributed by atoms with Gasteiger partial charge in [0.05, 0.1) is 6.04 Å². The van der Waals surface area contributed by atoms with E-state index in [1.165, 1.54) is 6.42 Å². The predicted octanol–water partition coefficient (Wildman–Crippen LogP) is 3.61. The first-order chi connectivity index (χ1) is 11.8. The topological polar surface area (TPSA) is 66.0 Å². The Kier molecular flexibility index (Phi) is 4.97. The molecule has 1 fully saturated rings. The van der Waals surface area contributed by atoms with Crippen LogP contribution in [-0.4, -0.2) is 39.1 Å². The second kappa shape index (κ2) is 7.02. The van der Waals surface area contributed by atoms with E-state index < -0.39 is 0 Å². The van der Waals surface area contributed by atoms with Gasteiger partial charge in [0.1, 0.15) is 0 Å². The molecule has 0 radical (unpaired) electrons. The van der Waals surface area contributed by atoms with E-state index in [9.17, 15) is 0 Å². The molecule has 2 atom stereocenters. The van der Waals surface area contributed by atoms with Crippen molar-refractivity contribution in [2.45, 2.75) is 65.1 Å². The van der Waals surface area contributed by atoms with Crippen LogP contribution in [0.5, 0.6) is 0 Å². The fourth-order valence-corrected chi connectivity index (χ4v) is 3.33. The molecule has 1 aliphatic carbocycles. The molecule has 2 N–H and O–H groups in total.